The summed E-state index contributed by atoms with van der Waals surface area (Å²) in [6.07, 6.45) is 1.68. The van der Waals surface area contributed by atoms with Gasteiger partial charge in [-0.2, -0.15) is 0 Å². The van der Waals surface area contributed by atoms with Crippen LogP contribution in [0, 0.1) is 0 Å². The molecule has 1 heterocycles. The van der Waals surface area contributed by atoms with E-state index in [2.05, 4.69) is 61.2 Å². The molecule has 3 rings (SSSR count). The van der Waals surface area contributed by atoms with Crippen molar-refractivity contribution in [2.75, 3.05) is 14.1 Å². The number of fused-ring (bicyclic) bond motifs is 1. The fourth-order valence-corrected chi connectivity index (χ4v) is 2.61. The standard InChI is InChI=1S/C19H20N2O/c1-13(21(2)3)14-4-6-15(7-5-14)17-9-8-16-10-11-20-19(22)18(16)12-17/h4-13H,1-3H3,(H,20,22)/t13-/m0/s1. The van der Waals surface area contributed by atoms with Crippen LogP contribution >= 0.6 is 0 Å². The summed E-state index contributed by atoms with van der Waals surface area (Å²) in [7, 11) is 4.16. The zero-order valence-electron chi connectivity index (χ0n) is 13.1. The molecule has 0 aliphatic rings. The molecule has 1 atom stereocenters. The molecule has 0 unspecified atom stereocenters. The number of nitrogens with one attached hydrogen (secondary N) is 1. The van der Waals surface area contributed by atoms with Crippen LogP contribution in [0.1, 0.15) is 18.5 Å². The highest BCUT2D eigenvalue weighted by molar-refractivity contribution is 5.86. The molecule has 1 aromatic heterocycles. The molecule has 0 spiro atoms. The molecule has 0 radical (unpaired) electrons. The molecule has 2 aromatic carbocycles. The topological polar surface area (TPSA) is 36.1 Å². The number of hydrogen-bond acceptors (Lipinski definition) is 2. The second kappa shape index (κ2) is 5.78. The quantitative estimate of drug-likeness (QED) is 0.796. The Hall–Kier alpha value is -2.39. The Labute approximate surface area is 130 Å². The normalized spacial score (nSPS) is 12.7. The number of aromatic amines is 1. The molecule has 0 bridgehead atoms. The number of hydrogen-bond donors (Lipinski definition) is 1. The molecule has 0 saturated heterocycles. The third-order valence-electron chi connectivity index (χ3n) is 4.28. The number of H-pyrrole nitrogens is 1. The van der Waals surface area contributed by atoms with Gasteiger partial charge in [-0.3, -0.25) is 4.79 Å². The molecular formula is C19H20N2O. The van der Waals surface area contributed by atoms with E-state index < -0.39 is 0 Å². The first-order chi connectivity index (χ1) is 10.6. The summed E-state index contributed by atoms with van der Waals surface area (Å²) in [5.41, 5.74) is 3.43. The maximum atomic E-state index is 11.9. The van der Waals surface area contributed by atoms with Crippen molar-refractivity contribution in [3.63, 3.8) is 0 Å². The zero-order chi connectivity index (χ0) is 15.7. The van der Waals surface area contributed by atoms with Gasteiger partial charge in [0.25, 0.3) is 5.56 Å². The van der Waals surface area contributed by atoms with Crippen LogP contribution in [-0.2, 0) is 0 Å². The summed E-state index contributed by atoms with van der Waals surface area (Å²) < 4.78 is 0. The fraction of sp³-hybridized carbons (Fsp3) is 0.211. The van der Waals surface area contributed by atoms with Crippen molar-refractivity contribution < 1.29 is 0 Å². The molecule has 0 fully saturated rings. The van der Waals surface area contributed by atoms with Crippen LogP contribution in [0.4, 0.5) is 0 Å². The van der Waals surface area contributed by atoms with Crippen molar-refractivity contribution in [3.8, 4) is 11.1 Å². The van der Waals surface area contributed by atoms with E-state index in [-0.39, 0.29) is 5.56 Å². The molecular weight excluding hydrogens is 272 g/mol. The first-order valence-corrected chi connectivity index (χ1v) is 7.44. The van der Waals surface area contributed by atoms with E-state index in [4.69, 9.17) is 0 Å². The Balaban J connectivity index is 2.01. The number of nitrogens with zero attached hydrogens (tertiary/aromatic N) is 1. The summed E-state index contributed by atoms with van der Waals surface area (Å²) in [5, 5.41) is 1.69. The molecule has 3 nitrogen and oxygen atoms in total. The van der Waals surface area contributed by atoms with Gasteiger partial charge in [0.1, 0.15) is 0 Å². The van der Waals surface area contributed by atoms with Gasteiger partial charge in [-0.25, -0.2) is 0 Å². The molecule has 22 heavy (non-hydrogen) atoms. The van der Waals surface area contributed by atoms with Crippen molar-refractivity contribution in [2.24, 2.45) is 0 Å². The van der Waals surface area contributed by atoms with Gasteiger partial charge in [0.05, 0.1) is 0 Å². The lowest BCUT2D eigenvalue weighted by Crippen LogP contribution is -2.16. The molecule has 3 heteroatoms. The van der Waals surface area contributed by atoms with Crippen LogP contribution in [0.3, 0.4) is 0 Å². The van der Waals surface area contributed by atoms with Crippen LogP contribution < -0.4 is 5.56 Å². The largest absolute Gasteiger partial charge is 0.329 e. The van der Waals surface area contributed by atoms with Gasteiger partial charge in [-0.05, 0) is 55.2 Å². The van der Waals surface area contributed by atoms with Gasteiger partial charge in [0, 0.05) is 17.6 Å². The maximum Gasteiger partial charge on any atom is 0.255 e. The van der Waals surface area contributed by atoms with Crippen molar-refractivity contribution in [3.05, 3.63) is 70.6 Å². The van der Waals surface area contributed by atoms with E-state index in [9.17, 15) is 4.79 Å². The van der Waals surface area contributed by atoms with E-state index in [1.54, 1.807) is 6.20 Å². The summed E-state index contributed by atoms with van der Waals surface area (Å²) in [5.74, 6) is 0. The number of rotatable bonds is 3. The third kappa shape index (κ3) is 2.68. The Bertz CT molecular complexity index is 847. The van der Waals surface area contributed by atoms with E-state index in [0.717, 1.165) is 21.9 Å². The van der Waals surface area contributed by atoms with E-state index in [0.29, 0.717) is 6.04 Å². The average Bonchev–Trinajstić information content (AvgIpc) is 2.54. The molecule has 0 amide bonds. The monoisotopic (exact) mass is 292 g/mol. The van der Waals surface area contributed by atoms with Gasteiger partial charge in [0.15, 0.2) is 0 Å². The smallest absolute Gasteiger partial charge is 0.255 e. The number of pyridine rings is 1. The number of benzene rings is 2. The minimum atomic E-state index is -0.0443. The second-order valence-electron chi connectivity index (χ2n) is 5.87. The Morgan fingerprint density at radius 1 is 0.955 bits per heavy atom. The van der Waals surface area contributed by atoms with Gasteiger partial charge >= 0.3 is 0 Å². The SMILES string of the molecule is C[C@@H](c1ccc(-c2ccc3cc[nH]c(=O)c3c2)cc1)N(C)C. The predicted octanol–water partition coefficient (Wildman–Crippen LogP) is 3.82. The van der Waals surface area contributed by atoms with Crippen molar-refractivity contribution in [1.82, 2.24) is 9.88 Å². The van der Waals surface area contributed by atoms with Crippen molar-refractivity contribution in [1.29, 1.82) is 0 Å². The van der Waals surface area contributed by atoms with Crippen LogP contribution in [0.25, 0.3) is 21.9 Å². The third-order valence-corrected chi connectivity index (χ3v) is 4.28. The Morgan fingerprint density at radius 3 is 2.32 bits per heavy atom. The zero-order valence-corrected chi connectivity index (χ0v) is 13.1. The molecule has 112 valence electrons. The lowest BCUT2D eigenvalue weighted by atomic mass is 9.99. The van der Waals surface area contributed by atoms with Gasteiger partial charge in [0.2, 0.25) is 0 Å². The number of aromatic nitrogens is 1. The van der Waals surface area contributed by atoms with E-state index in [1.807, 2.05) is 18.2 Å². The van der Waals surface area contributed by atoms with Crippen LogP contribution in [0.15, 0.2) is 59.5 Å². The van der Waals surface area contributed by atoms with E-state index in [1.165, 1.54) is 5.56 Å². The first kappa shape index (κ1) is 14.5. The minimum absolute atomic E-state index is 0.0443. The Kier molecular flexibility index (Phi) is 3.82. The highest BCUT2D eigenvalue weighted by Gasteiger charge is 2.08. The van der Waals surface area contributed by atoms with Gasteiger partial charge in [-0.15, -0.1) is 0 Å². The summed E-state index contributed by atoms with van der Waals surface area (Å²) in [6, 6.07) is 16.9. The van der Waals surface area contributed by atoms with E-state index >= 15 is 0 Å². The summed E-state index contributed by atoms with van der Waals surface area (Å²) in [6.45, 7) is 2.19. The molecule has 0 saturated carbocycles. The summed E-state index contributed by atoms with van der Waals surface area (Å²) >= 11 is 0. The Morgan fingerprint density at radius 2 is 1.64 bits per heavy atom. The lowest BCUT2D eigenvalue weighted by Gasteiger charge is -2.20. The maximum absolute atomic E-state index is 11.9. The van der Waals surface area contributed by atoms with Gasteiger partial charge < -0.3 is 9.88 Å². The summed E-state index contributed by atoms with van der Waals surface area (Å²) in [4.78, 5) is 16.8. The van der Waals surface area contributed by atoms with Crippen LogP contribution in [-0.4, -0.2) is 24.0 Å². The van der Waals surface area contributed by atoms with Crippen molar-refractivity contribution in [2.45, 2.75) is 13.0 Å². The average molecular weight is 292 g/mol. The molecule has 0 aliphatic heterocycles. The highest BCUT2D eigenvalue weighted by atomic mass is 16.1. The fourth-order valence-electron chi connectivity index (χ4n) is 2.61. The molecule has 3 aromatic rings. The van der Waals surface area contributed by atoms with Crippen LogP contribution in [0.2, 0.25) is 0 Å². The second-order valence-corrected chi connectivity index (χ2v) is 5.87. The van der Waals surface area contributed by atoms with Crippen molar-refractivity contribution >= 4 is 10.8 Å². The molecule has 1 N–H and O–H groups in total. The first-order valence-electron chi connectivity index (χ1n) is 7.44. The minimum Gasteiger partial charge on any atom is -0.329 e. The molecule has 0 aliphatic carbocycles. The lowest BCUT2D eigenvalue weighted by molar-refractivity contribution is 0.321. The highest BCUT2D eigenvalue weighted by Crippen LogP contribution is 2.25. The predicted molar refractivity (Wildman–Crippen MR) is 92.1 cm³/mol. The van der Waals surface area contributed by atoms with Crippen LogP contribution in [0.5, 0.6) is 0 Å². The van der Waals surface area contributed by atoms with Gasteiger partial charge in [-0.1, -0.05) is 36.4 Å².